The van der Waals surface area contributed by atoms with Gasteiger partial charge in [-0.3, -0.25) is 0 Å². The van der Waals surface area contributed by atoms with E-state index in [0.717, 1.165) is 29.2 Å². The van der Waals surface area contributed by atoms with Crippen LogP contribution in [0.4, 0.5) is 0 Å². The van der Waals surface area contributed by atoms with Gasteiger partial charge in [-0.05, 0) is 59.0 Å². The third-order valence-electron chi connectivity index (χ3n) is 4.43. The van der Waals surface area contributed by atoms with Gasteiger partial charge in [0.05, 0.1) is 11.1 Å². The van der Waals surface area contributed by atoms with Gasteiger partial charge in [0.15, 0.2) is 0 Å². The lowest BCUT2D eigenvalue weighted by Crippen LogP contribution is -2.13. The molecule has 4 rings (SSSR count). The first-order chi connectivity index (χ1) is 12.2. The van der Waals surface area contributed by atoms with Crippen LogP contribution in [-0.2, 0) is 11.2 Å². The van der Waals surface area contributed by atoms with Crippen molar-refractivity contribution in [3.05, 3.63) is 89.0 Å². The molecule has 1 aliphatic rings. The number of carbonyl (C=O) groups excluding carboxylic acids is 2. The van der Waals surface area contributed by atoms with Crippen molar-refractivity contribution in [1.29, 1.82) is 0 Å². The molecule has 3 aromatic rings. The second kappa shape index (κ2) is 6.36. The number of ether oxygens (including phenoxy) is 1. The molecule has 25 heavy (non-hydrogen) atoms. The van der Waals surface area contributed by atoms with Gasteiger partial charge in [0.1, 0.15) is 0 Å². The van der Waals surface area contributed by atoms with E-state index in [9.17, 15) is 9.59 Å². The molecule has 0 atom stereocenters. The molecule has 0 bridgehead atoms. The van der Waals surface area contributed by atoms with Crippen LogP contribution in [0.3, 0.4) is 0 Å². The Bertz CT molecular complexity index is 1010. The van der Waals surface area contributed by atoms with E-state index in [0.29, 0.717) is 11.1 Å². The summed E-state index contributed by atoms with van der Waals surface area (Å²) in [6, 6.07) is 18.4. The Morgan fingerprint density at radius 3 is 2.36 bits per heavy atom. The van der Waals surface area contributed by atoms with Gasteiger partial charge in [-0.15, -0.1) is 0 Å². The first-order valence-corrected chi connectivity index (χ1v) is 8.25. The van der Waals surface area contributed by atoms with E-state index in [1.54, 1.807) is 24.3 Å². The zero-order chi connectivity index (χ0) is 17.2. The number of aryl methyl sites for hydroxylation is 1. The van der Waals surface area contributed by atoms with Crippen molar-refractivity contribution in [3.63, 3.8) is 0 Å². The maximum Gasteiger partial charge on any atom is 0.346 e. The zero-order valence-corrected chi connectivity index (χ0v) is 13.6. The largest absolute Gasteiger partial charge is 0.386 e. The average Bonchev–Trinajstić information content (AvgIpc) is 2.67. The van der Waals surface area contributed by atoms with Crippen LogP contribution < -0.4 is 0 Å². The predicted molar refractivity (Wildman–Crippen MR) is 97.5 cm³/mol. The summed E-state index contributed by atoms with van der Waals surface area (Å²) < 4.78 is 5.06. The Morgan fingerprint density at radius 2 is 1.52 bits per heavy atom. The van der Waals surface area contributed by atoms with Gasteiger partial charge < -0.3 is 4.74 Å². The summed E-state index contributed by atoms with van der Waals surface area (Å²) in [5, 5.41) is 1.97. The molecule has 0 aliphatic heterocycles. The Labute approximate surface area is 145 Å². The maximum absolute atomic E-state index is 12.3. The fourth-order valence-electron chi connectivity index (χ4n) is 3.07. The average molecular weight is 328 g/mol. The lowest BCUT2D eigenvalue weighted by atomic mass is 9.95. The van der Waals surface area contributed by atoms with Crippen molar-refractivity contribution in [2.75, 3.05) is 0 Å². The van der Waals surface area contributed by atoms with Crippen LogP contribution in [0.2, 0.25) is 0 Å². The molecular formula is C22H16O3. The minimum atomic E-state index is -0.635. The van der Waals surface area contributed by atoms with E-state index >= 15 is 0 Å². The van der Waals surface area contributed by atoms with Crippen LogP contribution in [-0.4, -0.2) is 11.9 Å². The number of rotatable bonds is 2. The summed E-state index contributed by atoms with van der Waals surface area (Å²) in [7, 11) is 0. The Kier molecular flexibility index (Phi) is 3.90. The van der Waals surface area contributed by atoms with Crippen molar-refractivity contribution in [1.82, 2.24) is 0 Å². The van der Waals surface area contributed by atoms with Crippen molar-refractivity contribution >= 4 is 28.8 Å². The van der Waals surface area contributed by atoms with E-state index in [-0.39, 0.29) is 0 Å². The van der Waals surface area contributed by atoms with Crippen molar-refractivity contribution in [3.8, 4) is 0 Å². The minimum absolute atomic E-state index is 0.366. The molecule has 0 N–H and O–H groups in total. The SMILES string of the molecule is O=C(OC(=O)c1ccc2ccccc2c1)c1ccc2c(c1)C=CCC2. The van der Waals surface area contributed by atoms with Crippen molar-refractivity contribution in [2.24, 2.45) is 0 Å². The van der Waals surface area contributed by atoms with E-state index in [1.807, 2.05) is 42.5 Å². The predicted octanol–water partition coefficient (Wildman–Crippen LogP) is 4.80. The smallest absolute Gasteiger partial charge is 0.346 e. The third kappa shape index (κ3) is 3.09. The minimum Gasteiger partial charge on any atom is -0.386 e. The maximum atomic E-state index is 12.3. The monoisotopic (exact) mass is 328 g/mol. The molecule has 0 saturated heterocycles. The Balaban J connectivity index is 1.55. The van der Waals surface area contributed by atoms with Crippen LogP contribution in [0.25, 0.3) is 16.8 Å². The number of benzene rings is 3. The van der Waals surface area contributed by atoms with Crippen molar-refractivity contribution in [2.45, 2.75) is 12.8 Å². The Morgan fingerprint density at radius 1 is 0.800 bits per heavy atom. The molecule has 1 aliphatic carbocycles. The van der Waals surface area contributed by atoms with Crippen molar-refractivity contribution < 1.29 is 14.3 Å². The summed E-state index contributed by atoms with van der Waals surface area (Å²) >= 11 is 0. The van der Waals surface area contributed by atoms with Gasteiger partial charge >= 0.3 is 11.9 Å². The third-order valence-corrected chi connectivity index (χ3v) is 4.43. The molecule has 0 heterocycles. The summed E-state index contributed by atoms with van der Waals surface area (Å²) in [6.45, 7) is 0. The lowest BCUT2D eigenvalue weighted by Gasteiger charge is -2.11. The van der Waals surface area contributed by atoms with Gasteiger partial charge in [0.2, 0.25) is 0 Å². The molecule has 0 amide bonds. The number of allylic oxidation sites excluding steroid dienone is 1. The first kappa shape index (κ1) is 15.3. The highest BCUT2D eigenvalue weighted by atomic mass is 16.6. The summed E-state index contributed by atoms with van der Waals surface area (Å²) in [5.41, 5.74) is 2.98. The molecule has 3 heteroatoms. The number of fused-ring (bicyclic) bond motifs is 2. The molecule has 3 nitrogen and oxygen atoms in total. The number of carbonyl (C=O) groups is 2. The highest BCUT2D eigenvalue weighted by molar-refractivity contribution is 6.04. The summed E-state index contributed by atoms with van der Waals surface area (Å²) in [6.07, 6.45) is 6.06. The number of hydrogen-bond acceptors (Lipinski definition) is 3. The van der Waals surface area contributed by atoms with E-state index in [1.165, 1.54) is 5.56 Å². The number of hydrogen-bond donors (Lipinski definition) is 0. The molecule has 3 aromatic carbocycles. The Hall–Kier alpha value is -3.20. The molecule has 0 unspecified atom stereocenters. The fraction of sp³-hybridized carbons (Fsp3) is 0.0909. The lowest BCUT2D eigenvalue weighted by molar-refractivity contribution is 0.0398. The van der Waals surface area contributed by atoms with E-state index in [4.69, 9.17) is 4.74 Å². The molecule has 0 fully saturated rings. The fourth-order valence-corrected chi connectivity index (χ4v) is 3.07. The van der Waals surface area contributed by atoms with E-state index in [2.05, 4.69) is 6.08 Å². The number of esters is 2. The van der Waals surface area contributed by atoms with E-state index < -0.39 is 11.9 Å². The van der Waals surface area contributed by atoms with Crippen LogP contribution in [0.1, 0.15) is 38.3 Å². The standard InChI is InChI=1S/C22H16O3/c23-21(19-11-9-15-5-1-3-7-17(15)13-19)25-22(24)20-12-10-16-6-2-4-8-18(16)14-20/h1,3-5,7-14H,2,6H2. The van der Waals surface area contributed by atoms with Gasteiger partial charge in [0, 0.05) is 0 Å². The molecule has 0 aromatic heterocycles. The normalized spacial score (nSPS) is 12.6. The van der Waals surface area contributed by atoms with Gasteiger partial charge in [-0.2, -0.15) is 0 Å². The molecule has 122 valence electrons. The summed E-state index contributed by atoms with van der Waals surface area (Å²) in [4.78, 5) is 24.6. The van der Waals surface area contributed by atoms with Crippen LogP contribution >= 0.6 is 0 Å². The second-order valence-electron chi connectivity index (χ2n) is 6.09. The van der Waals surface area contributed by atoms with Gasteiger partial charge in [-0.1, -0.05) is 48.6 Å². The van der Waals surface area contributed by atoms with Crippen LogP contribution in [0.15, 0.2) is 66.7 Å². The second-order valence-corrected chi connectivity index (χ2v) is 6.09. The quantitative estimate of drug-likeness (QED) is 0.501. The topological polar surface area (TPSA) is 43.4 Å². The van der Waals surface area contributed by atoms with Crippen LogP contribution in [0, 0.1) is 0 Å². The first-order valence-electron chi connectivity index (χ1n) is 8.25. The zero-order valence-electron chi connectivity index (χ0n) is 13.6. The van der Waals surface area contributed by atoms with Crippen LogP contribution in [0.5, 0.6) is 0 Å². The molecule has 0 spiro atoms. The highest BCUT2D eigenvalue weighted by Gasteiger charge is 2.17. The summed E-state index contributed by atoms with van der Waals surface area (Å²) in [5.74, 6) is -1.26. The molecule has 0 saturated carbocycles. The highest BCUT2D eigenvalue weighted by Crippen LogP contribution is 2.21. The van der Waals surface area contributed by atoms with Gasteiger partial charge in [0.25, 0.3) is 0 Å². The molecule has 0 radical (unpaired) electrons. The van der Waals surface area contributed by atoms with Gasteiger partial charge in [-0.25, -0.2) is 9.59 Å². The molecular weight excluding hydrogens is 312 g/mol.